The van der Waals surface area contributed by atoms with E-state index in [2.05, 4.69) is 5.32 Å². The maximum Gasteiger partial charge on any atom is 0.265 e. The van der Waals surface area contributed by atoms with E-state index in [1.54, 1.807) is 12.0 Å². The van der Waals surface area contributed by atoms with Crippen molar-refractivity contribution < 1.29 is 19.1 Å². The summed E-state index contributed by atoms with van der Waals surface area (Å²) in [4.78, 5) is 28.7. The third-order valence-corrected chi connectivity index (χ3v) is 6.17. The number of nitrogens with one attached hydrogen (secondary N) is 1. The molecule has 4 rings (SSSR count). The van der Waals surface area contributed by atoms with Crippen LogP contribution >= 0.6 is 11.8 Å². The van der Waals surface area contributed by atoms with Crippen LogP contribution in [0.2, 0.25) is 0 Å². The second-order valence-corrected chi connectivity index (χ2v) is 8.29. The van der Waals surface area contributed by atoms with Gasteiger partial charge in [0.05, 0.1) is 30.4 Å². The van der Waals surface area contributed by atoms with Gasteiger partial charge in [-0.15, -0.1) is 0 Å². The van der Waals surface area contributed by atoms with E-state index in [1.807, 2.05) is 48.5 Å². The van der Waals surface area contributed by atoms with Gasteiger partial charge in [0.25, 0.3) is 5.91 Å². The quantitative estimate of drug-likeness (QED) is 0.719. The highest BCUT2D eigenvalue weighted by atomic mass is 32.2. The number of carbonyl (C=O) groups excluding carboxylic acids is 2. The molecule has 0 saturated carbocycles. The minimum atomic E-state index is -0.276. The van der Waals surface area contributed by atoms with Crippen LogP contribution in [-0.4, -0.2) is 38.2 Å². The van der Waals surface area contributed by atoms with Crippen molar-refractivity contribution in [3.05, 3.63) is 65.1 Å². The molecule has 2 aromatic carbocycles. The number of anilines is 1. The predicted octanol–water partition coefficient (Wildman–Crippen LogP) is 3.51. The third kappa shape index (κ3) is 4.68. The van der Waals surface area contributed by atoms with Crippen molar-refractivity contribution >= 4 is 29.3 Å². The Labute approximate surface area is 180 Å². The first-order chi connectivity index (χ1) is 14.6. The first kappa shape index (κ1) is 20.5. The van der Waals surface area contributed by atoms with Crippen LogP contribution in [0, 0.1) is 0 Å². The normalized spacial score (nSPS) is 19.6. The van der Waals surface area contributed by atoms with Gasteiger partial charge in [-0.2, -0.15) is 0 Å². The van der Waals surface area contributed by atoms with Gasteiger partial charge < -0.3 is 19.7 Å². The molecule has 1 saturated heterocycles. The molecule has 0 spiro atoms. The summed E-state index contributed by atoms with van der Waals surface area (Å²) in [7, 11) is 1.62. The summed E-state index contributed by atoms with van der Waals surface area (Å²) >= 11 is 1.33. The molecule has 156 valence electrons. The van der Waals surface area contributed by atoms with Crippen LogP contribution in [0.3, 0.4) is 0 Å². The number of nitrogens with zero attached hydrogens (tertiary/aromatic N) is 1. The smallest absolute Gasteiger partial charge is 0.265 e. The summed E-state index contributed by atoms with van der Waals surface area (Å²) in [5.74, 6) is 0.278. The van der Waals surface area contributed by atoms with Crippen LogP contribution in [0.1, 0.15) is 18.4 Å². The Kier molecular flexibility index (Phi) is 6.40. The molecule has 0 aromatic heterocycles. The lowest BCUT2D eigenvalue weighted by Crippen LogP contribution is -2.35. The Hall–Kier alpha value is -2.77. The molecule has 6 nitrogen and oxygen atoms in total. The van der Waals surface area contributed by atoms with Crippen molar-refractivity contribution in [2.75, 3.05) is 25.2 Å². The molecular formula is C23H24N2O4S. The summed E-state index contributed by atoms with van der Waals surface area (Å²) in [6.45, 7) is 1.60. The molecule has 1 atom stereocenters. The molecule has 1 unspecified atom stereocenters. The number of fused-ring (bicyclic) bond motifs is 1. The first-order valence-electron chi connectivity index (χ1n) is 9.97. The predicted molar refractivity (Wildman–Crippen MR) is 117 cm³/mol. The Bertz CT molecular complexity index is 969. The SMILES string of the molecule is COc1cccc(CN2C(=O)/C(=C\C(=O)NCC3CCCO3)Sc3ccccc32)c1. The van der Waals surface area contributed by atoms with Crippen LogP contribution in [0.4, 0.5) is 5.69 Å². The zero-order valence-electron chi connectivity index (χ0n) is 16.8. The van der Waals surface area contributed by atoms with Crippen LogP contribution in [0.5, 0.6) is 5.75 Å². The molecule has 30 heavy (non-hydrogen) atoms. The fourth-order valence-electron chi connectivity index (χ4n) is 3.56. The molecule has 0 aliphatic carbocycles. The molecule has 1 fully saturated rings. The summed E-state index contributed by atoms with van der Waals surface area (Å²) in [6, 6.07) is 15.4. The van der Waals surface area contributed by atoms with E-state index < -0.39 is 0 Å². The zero-order valence-corrected chi connectivity index (χ0v) is 17.6. The summed E-state index contributed by atoms with van der Waals surface area (Å²) in [5.41, 5.74) is 1.79. The number of carbonyl (C=O) groups is 2. The molecule has 7 heteroatoms. The van der Waals surface area contributed by atoms with Gasteiger partial charge in [-0.1, -0.05) is 36.0 Å². The maximum absolute atomic E-state index is 13.2. The number of hydrogen-bond donors (Lipinski definition) is 1. The fraction of sp³-hybridized carbons (Fsp3) is 0.304. The van der Waals surface area contributed by atoms with Gasteiger partial charge in [0.15, 0.2) is 0 Å². The third-order valence-electron chi connectivity index (χ3n) is 5.10. The lowest BCUT2D eigenvalue weighted by molar-refractivity contribution is -0.118. The Morgan fingerprint density at radius 1 is 1.30 bits per heavy atom. The standard InChI is InChI=1S/C23H24N2O4S/c1-28-17-7-4-6-16(12-17)15-25-19-9-2-3-10-20(19)30-21(23(25)27)13-22(26)24-14-18-8-5-11-29-18/h2-4,6-7,9-10,12-13,18H,5,8,11,14-15H2,1H3,(H,24,26)/b21-13+. The highest BCUT2D eigenvalue weighted by Gasteiger charge is 2.30. The van der Waals surface area contributed by atoms with Gasteiger partial charge in [-0.25, -0.2) is 0 Å². The van der Waals surface area contributed by atoms with Gasteiger partial charge in [0.2, 0.25) is 5.91 Å². The van der Waals surface area contributed by atoms with Crippen LogP contribution < -0.4 is 15.0 Å². The zero-order chi connectivity index (χ0) is 20.9. The number of benzene rings is 2. The van der Waals surface area contributed by atoms with E-state index in [0.29, 0.717) is 18.0 Å². The van der Waals surface area contributed by atoms with E-state index in [1.165, 1.54) is 17.8 Å². The number of amides is 2. The summed E-state index contributed by atoms with van der Waals surface area (Å²) < 4.78 is 10.8. The molecule has 0 radical (unpaired) electrons. The molecule has 2 aliphatic rings. The van der Waals surface area contributed by atoms with Crippen LogP contribution in [-0.2, 0) is 20.9 Å². The van der Waals surface area contributed by atoms with Crippen molar-refractivity contribution in [1.29, 1.82) is 0 Å². The molecule has 2 aliphatic heterocycles. The maximum atomic E-state index is 13.2. The van der Waals surface area contributed by atoms with Crippen molar-refractivity contribution in [3.8, 4) is 5.75 Å². The topological polar surface area (TPSA) is 67.9 Å². The van der Waals surface area contributed by atoms with E-state index in [-0.39, 0.29) is 17.9 Å². The number of hydrogen-bond acceptors (Lipinski definition) is 5. The number of rotatable bonds is 6. The highest BCUT2D eigenvalue weighted by molar-refractivity contribution is 8.04. The Morgan fingerprint density at radius 2 is 2.17 bits per heavy atom. The number of thioether (sulfide) groups is 1. The number of para-hydroxylation sites is 1. The van der Waals surface area contributed by atoms with Crippen LogP contribution in [0.25, 0.3) is 0 Å². The average molecular weight is 425 g/mol. The Balaban J connectivity index is 1.54. The molecule has 2 heterocycles. The largest absolute Gasteiger partial charge is 0.497 e. The van der Waals surface area contributed by atoms with Gasteiger partial charge in [0, 0.05) is 24.1 Å². The summed E-state index contributed by atoms with van der Waals surface area (Å²) in [5, 5.41) is 2.86. The average Bonchev–Trinajstić information content (AvgIpc) is 3.29. The van der Waals surface area contributed by atoms with E-state index >= 15 is 0 Å². The van der Waals surface area contributed by atoms with Crippen molar-refractivity contribution in [1.82, 2.24) is 5.32 Å². The van der Waals surface area contributed by atoms with Crippen LogP contribution in [0.15, 0.2) is 64.4 Å². The van der Waals surface area contributed by atoms with Crippen molar-refractivity contribution in [3.63, 3.8) is 0 Å². The monoisotopic (exact) mass is 424 g/mol. The highest BCUT2D eigenvalue weighted by Crippen LogP contribution is 2.41. The second-order valence-electron chi connectivity index (χ2n) is 7.20. The first-order valence-corrected chi connectivity index (χ1v) is 10.8. The minimum Gasteiger partial charge on any atom is -0.497 e. The van der Waals surface area contributed by atoms with E-state index in [0.717, 1.165) is 41.3 Å². The molecule has 0 bridgehead atoms. The number of methoxy groups -OCH3 is 1. The van der Waals surface area contributed by atoms with Gasteiger partial charge >= 0.3 is 0 Å². The number of ether oxygens (including phenoxy) is 2. The fourth-order valence-corrected chi connectivity index (χ4v) is 4.59. The molecule has 1 N–H and O–H groups in total. The van der Waals surface area contributed by atoms with E-state index in [4.69, 9.17) is 9.47 Å². The van der Waals surface area contributed by atoms with Gasteiger partial charge in [0.1, 0.15) is 5.75 Å². The van der Waals surface area contributed by atoms with Gasteiger partial charge in [-0.3, -0.25) is 9.59 Å². The second kappa shape index (κ2) is 9.36. The molecule has 2 aromatic rings. The van der Waals surface area contributed by atoms with E-state index in [9.17, 15) is 9.59 Å². The summed E-state index contributed by atoms with van der Waals surface area (Å²) in [6.07, 6.45) is 3.43. The lowest BCUT2D eigenvalue weighted by Gasteiger charge is -2.30. The Morgan fingerprint density at radius 3 is 2.97 bits per heavy atom. The van der Waals surface area contributed by atoms with Gasteiger partial charge in [-0.05, 0) is 42.7 Å². The van der Waals surface area contributed by atoms with Crippen molar-refractivity contribution in [2.45, 2.75) is 30.4 Å². The van der Waals surface area contributed by atoms with Crippen molar-refractivity contribution in [2.24, 2.45) is 0 Å². The lowest BCUT2D eigenvalue weighted by atomic mass is 10.1. The molecular weight excluding hydrogens is 400 g/mol. The minimum absolute atomic E-state index is 0.0624. The molecule has 2 amide bonds.